The third-order valence-corrected chi connectivity index (χ3v) is 4.98. The van der Waals surface area contributed by atoms with Crippen LogP contribution < -0.4 is 0 Å². The van der Waals surface area contributed by atoms with Crippen LogP contribution in [0.4, 0.5) is 0 Å². The zero-order valence-corrected chi connectivity index (χ0v) is 9.67. The number of hydrogen-bond acceptors (Lipinski definition) is 1. The Morgan fingerprint density at radius 2 is 1.77 bits per heavy atom. The van der Waals surface area contributed by atoms with Crippen LogP contribution in [0.2, 0.25) is 0 Å². The highest BCUT2D eigenvalue weighted by molar-refractivity contribution is 5.06. The molecule has 13 heavy (non-hydrogen) atoms. The van der Waals surface area contributed by atoms with Crippen molar-refractivity contribution in [1.82, 2.24) is 4.90 Å². The molecule has 0 heterocycles. The van der Waals surface area contributed by atoms with Gasteiger partial charge in [-0.05, 0) is 50.1 Å². The van der Waals surface area contributed by atoms with E-state index >= 15 is 0 Å². The third kappa shape index (κ3) is 1.16. The monoisotopic (exact) mass is 181 g/mol. The molecule has 0 aromatic carbocycles. The molecule has 0 radical (unpaired) electrons. The van der Waals surface area contributed by atoms with Gasteiger partial charge in [-0.25, -0.2) is 0 Å². The number of nitrogens with zero attached hydrogens (tertiary/aromatic N) is 1. The summed E-state index contributed by atoms with van der Waals surface area (Å²) in [6.45, 7) is 7.38. The molecule has 3 saturated carbocycles. The Bertz CT molecular complexity index is 205. The van der Waals surface area contributed by atoms with E-state index in [-0.39, 0.29) is 0 Å². The minimum absolute atomic E-state index is 0.645. The Morgan fingerprint density at radius 3 is 2.15 bits per heavy atom. The fraction of sp³-hybridized carbons (Fsp3) is 1.00. The summed E-state index contributed by atoms with van der Waals surface area (Å²) in [4.78, 5) is 2.43. The zero-order chi connectivity index (χ0) is 9.80. The van der Waals surface area contributed by atoms with Crippen LogP contribution in [0.3, 0.4) is 0 Å². The number of hydrogen-bond donors (Lipinski definition) is 0. The molecular formula is C12H23N. The lowest BCUT2D eigenvalue weighted by Crippen LogP contribution is -2.59. The highest BCUT2D eigenvalue weighted by atomic mass is 15.1. The lowest BCUT2D eigenvalue weighted by molar-refractivity contribution is -0.132. The molecule has 0 amide bonds. The van der Waals surface area contributed by atoms with Gasteiger partial charge in [-0.3, -0.25) is 0 Å². The molecule has 1 nitrogen and oxygen atoms in total. The normalized spacial score (nSPS) is 47.5. The van der Waals surface area contributed by atoms with E-state index in [1.165, 1.54) is 12.8 Å². The van der Waals surface area contributed by atoms with Crippen LogP contribution in [0.25, 0.3) is 0 Å². The van der Waals surface area contributed by atoms with Crippen molar-refractivity contribution in [3.05, 3.63) is 0 Å². The second-order valence-corrected chi connectivity index (χ2v) is 5.99. The zero-order valence-electron chi connectivity index (χ0n) is 9.67. The summed E-state index contributed by atoms with van der Waals surface area (Å²) in [5.74, 6) is 2.88. The van der Waals surface area contributed by atoms with Gasteiger partial charge in [0.25, 0.3) is 0 Å². The van der Waals surface area contributed by atoms with Crippen molar-refractivity contribution < 1.29 is 0 Å². The average Bonchev–Trinajstić information content (AvgIpc) is 2.02. The van der Waals surface area contributed by atoms with E-state index in [4.69, 9.17) is 0 Å². The van der Waals surface area contributed by atoms with E-state index in [1.807, 2.05) is 0 Å². The molecule has 1 heteroatoms. The van der Waals surface area contributed by atoms with Crippen molar-refractivity contribution in [2.24, 2.45) is 23.2 Å². The molecule has 3 rings (SSSR count). The Hall–Kier alpha value is -0.0400. The van der Waals surface area contributed by atoms with Gasteiger partial charge in [0.1, 0.15) is 0 Å². The van der Waals surface area contributed by atoms with Crippen molar-refractivity contribution in [3.8, 4) is 0 Å². The Kier molecular flexibility index (Phi) is 1.99. The molecule has 76 valence electrons. The molecule has 0 aromatic heterocycles. The molecule has 2 unspecified atom stereocenters. The van der Waals surface area contributed by atoms with Gasteiger partial charge < -0.3 is 4.90 Å². The first-order valence-corrected chi connectivity index (χ1v) is 5.61. The molecule has 3 aliphatic rings. The summed E-state index contributed by atoms with van der Waals surface area (Å²) in [7, 11) is 4.47. The van der Waals surface area contributed by atoms with Gasteiger partial charge in [0.15, 0.2) is 0 Å². The maximum Gasteiger partial charge on any atom is 0.0120 e. The number of rotatable bonds is 1. The van der Waals surface area contributed by atoms with Gasteiger partial charge >= 0.3 is 0 Å². The standard InChI is InChI=1S/C12H23N/c1-8-10-6-9(12(10,2)3)7-11(8)13(4)5/h8-11H,6-7H2,1-5H3/t8-,9?,10-,11?/m1/s1. The van der Waals surface area contributed by atoms with Gasteiger partial charge in [-0.15, -0.1) is 0 Å². The van der Waals surface area contributed by atoms with Crippen LogP contribution in [0.5, 0.6) is 0 Å². The maximum absolute atomic E-state index is 2.47. The topological polar surface area (TPSA) is 3.24 Å². The van der Waals surface area contributed by atoms with Gasteiger partial charge in [-0.1, -0.05) is 20.8 Å². The summed E-state index contributed by atoms with van der Waals surface area (Å²) in [6.07, 6.45) is 2.93. The quantitative estimate of drug-likeness (QED) is 0.601. The van der Waals surface area contributed by atoms with Crippen LogP contribution >= 0.6 is 0 Å². The number of fused-ring (bicyclic) bond motifs is 2. The fourth-order valence-electron chi connectivity index (χ4n) is 3.80. The second-order valence-electron chi connectivity index (χ2n) is 5.99. The lowest BCUT2D eigenvalue weighted by Gasteiger charge is -2.63. The van der Waals surface area contributed by atoms with E-state index in [9.17, 15) is 0 Å². The Labute approximate surface area is 82.5 Å². The minimum atomic E-state index is 0.645. The summed E-state index contributed by atoms with van der Waals surface area (Å²) in [6, 6.07) is 0.844. The van der Waals surface area contributed by atoms with Gasteiger partial charge in [-0.2, -0.15) is 0 Å². The largest absolute Gasteiger partial charge is 0.306 e. The molecule has 0 saturated heterocycles. The fourth-order valence-corrected chi connectivity index (χ4v) is 3.80. The van der Waals surface area contributed by atoms with Crippen molar-refractivity contribution in [2.75, 3.05) is 14.1 Å². The highest BCUT2D eigenvalue weighted by Crippen LogP contribution is 2.61. The Balaban J connectivity index is 2.12. The van der Waals surface area contributed by atoms with Gasteiger partial charge in [0.2, 0.25) is 0 Å². The SMILES string of the molecule is C[C@H]1C(N(C)C)CC2C[C@H]1C2(C)C. The summed E-state index contributed by atoms with van der Waals surface area (Å²) < 4.78 is 0. The van der Waals surface area contributed by atoms with E-state index in [0.29, 0.717) is 5.41 Å². The molecule has 0 aliphatic heterocycles. The first-order valence-electron chi connectivity index (χ1n) is 5.61. The highest BCUT2D eigenvalue weighted by Gasteiger charge is 2.56. The van der Waals surface area contributed by atoms with Crippen LogP contribution in [0.1, 0.15) is 33.6 Å². The predicted octanol–water partition coefficient (Wildman–Crippen LogP) is 2.62. The minimum Gasteiger partial charge on any atom is -0.306 e. The molecule has 0 spiro atoms. The van der Waals surface area contributed by atoms with Crippen LogP contribution in [-0.2, 0) is 0 Å². The van der Waals surface area contributed by atoms with Gasteiger partial charge in [0, 0.05) is 6.04 Å². The molecule has 3 fully saturated rings. The van der Waals surface area contributed by atoms with Crippen molar-refractivity contribution in [2.45, 2.75) is 39.7 Å². The van der Waals surface area contributed by atoms with Crippen LogP contribution in [0, 0.1) is 23.2 Å². The van der Waals surface area contributed by atoms with Crippen LogP contribution in [-0.4, -0.2) is 25.0 Å². The Morgan fingerprint density at radius 1 is 1.15 bits per heavy atom. The first kappa shape index (κ1) is 9.51. The van der Waals surface area contributed by atoms with Gasteiger partial charge in [0.05, 0.1) is 0 Å². The average molecular weight is 181 g/mol. The molecule has 0 N–H and O–H groups in total. The van der Waals surface area contributed by atoms with E-state index in [2.05, 4.69) is 39.8 Å². The van der Waals surface area contributed by atoms with Crippen molar-refractivity contribution in [1.29, 1.82) is 0 Å². The molecule has 4 atom stereocenters. The van der Waals surface area contributed by atoms with E-state index in [0.717, 1.165) is 23.8 Å². The molecular weight excluding hydrogens is 158 g/mol. The predicted molar refractivity (Wildman–Crippen MR) is 56.6 cm³/mol. The lowest BCUT2D eigenvalue weighted by atomic mass is 9.44. The summed E-state index contributed by atoms with van der Waals surface area (Å²) >= 11 is 0. The molecule has 0 aromatic rings. The summed E-state index contributed by atoms with van der Waals surface area (Å²) in [5.41, 5.74) is 0.645. The van der Waals surface area contributed by atoms with Crippen molar-refractivity contribution in [3.63, 3.8) is 0 Å². The van der Waals surface area contributed by atoms with Crippen molar-refractivity contribution >= 4 is 0 Å². The first-order chi connectivity index (χ1) is 5.94. The van der Waals surface area contributed by atoms with Crippen LogP contribution in [0.15, 0.2) is 0 Å². The smallest absolute Gasteiger partial charge is 0.0120 e. The summed E-state index contributed by atoms with van der Waals surface area (Å²) in [5, 5.41) is 0. The molecule has 2 bridgehead atoms. The second kappa shape index (κ2) is 2.73. The van der Waals surface area contributed by atoms with E-state index in [1.54, 1.807) is 0 Å². The maximum atomic E-state index is 2.47. The third-order valence-electron chi connectivity index (χ3n) is 4.98. The van der Waals surface area contributed by atoms with E-state index < -0.39 is 0 Å². The molecule has 3 aliphatic carbocycles.